The van der Waals surface area contributed by atoms with Crippen molar-refractivity contribution >= 4 is 29.3 Å². The minimum Gasteiger partial charge on any atom is -0.387 e. The fraction of sp³-hybridized carbons (Fsp3) is 0.682. The van der Waals surface area contributed by atoms with Crippen LogP contribution in [-0.2, 0) is 9.53 Å². The Bertz CT molecular complexity index is 737. The second kappa shape index (κ2) is 10.8. The first-order valence-corrected chi connectivity index (χ1v) is 12.4. The lowest BCUT2D eigenvalue weighted by Gasteiger charge is -2.43. The normalized spacial score (nSPS) is 35.1. The number of thioether (sulfide) groups is 1. The van der Waals surface area contributed by atoms with E-state index in [4.69, 9.17) is 16.3 Å². The highest BCUT2D eigenvalue weighted by Crippen LogP contribution is 2.34. The summed E-state index contributed by atoms with van der Waals surface area (Å²) in [4.78, 5) is 15.3. The Labute approximate surface area is 193 Å². The van der Waals surface area contributed by atoms with Gasteiger partial charge in [0.25, 0.3) is 0 Å². The average Bonchev–Trinajstić information content (AvgIpc) is 3.12. The van der Waals surface area contributed by atoms with Gasteiger partial charge in [0.2, 0.25) is 5.91 Å². The highest BCUT2D eigenvalue weighted by Gasteiger charge is 2.47. The van der Waals surface area contributed by atoms with Crippen LogP contribution < -0.4 is 5.32 Å². The molecule has 0 bridgehead atoms. The summed E-state index contributed by atoms with van der Waals surface area (Å²) in [5.41, 5.74) is -0.0193. The lowest BCUT2D eigenvalue weighted by Crippen LogP contribution is -2.60. The fourth-order valence-electron chi connectivity index (χ4n) is 4.65. The molecule has 1 aromatic rings. The molecule has 4 N–H and O–H groups in total. The number of nitrogens with one attached hydrogen (secondary N) is 1. The molecule has 1 amide bonds. The number of likely N-dealkylation sites (tertiary alicyclic amines) is 1. The first kappa shape index (κ1) is 24.8. The molecule has 2 aliphatic heterocycles. The first-order chi connectivity index (χ1) is 14.8. The molecule has 0 spiro atoms. The molecule has 0 aliphatic carbocycles. The Balaban J connectivity index is 1.85. The van der Waals surface area contributed by atoms with E-state index in [1.165, 1.54) is 11.8 Å². The molecule has 174 valence electrons. The summed E-state index contributed by atoms with van der Waals surface area (Å²) >= 11 is 7.29. The van der Waals surface area contributed by atoms with Crippen molar-refractivity contribution in [1.82, 2.24) is 10.2 Å². The molecule has 1 aromatic carbocycles. The zero-order valence-electron chi connectivity index (χ0n) is 18.1. The quantitative estimate of drug-likeness (QED) is 0.479. The predicted molar refractivity (Wildman–Crippen MR) is 122 cm³/mol. The number of hydrogen-bond donors (Lipinski definition) is 4. The fourth-order valence-corrected chi connectivity index (χ4v) is 5.45. The Kier molecular flexibility index (Phi) is 8.65. The van der Waals surface area contributed by atoms with Gasteiger partial charge in [-0.2, -0.15) is 0 Å². The third kappa shape index (κ3) is 5.55. The number of likely N-dealkylation sites (N-methyl/N-ethyl adjacent to an activating group) is 1. The SMILES string of the molecule is CCC[C@@H]1C[C@@H](C(=O)N[C@H](c2ccc(Cl)cc2)[C@H]2O[C@H](SC)[C@H](O)[C@@H](O)[C@H]2O)N(C)C1. The number of rotatable bonds is 7. The van der Waals surface area contributed by atoms with Gasteiger partial charge in [-0.1, -0.05) is 37.1 Å². The molecule has 0 aromatic heterocycles. The summed E-state index contributed by atoms with van der Waals surface area (Å²) in [7, 11) is 1.95. The number of nitrogens with zero attached hydrogens (tertiary/aromatic N) is 1. The van der Waals surface area contributed by atoms with Crippen LogP contribution in [0.3, 0.4) is 0 Å². The van der Waals surface area contributed by atoms with E-state index in [9.17, 15) is 20.1 Å². The topological polar surface area (TPSA) is 102 Å². The molecule has 9 heteroatoms. The van der Waals surface area contributed by atoms with Crippen molar-refractivity contribution in [3.63, 3.8) is 0 Å². The van der Waals surface area contributed by atoms with Gasteiger partial charge in [0, 0.05) is 11.6 Å². The maximum atomic E-state index is 13.3. The molecule has 0 saturated carbocycles. The minimum absolute atomic E-state index is 0.141. The van der Waals surface area contributed by atoms with Gasteiger partial charge < -0.3 is 25.4 Å². The van der Waals surface area contributed by atoms with Gasteiger partial charge in [0.05, 0.1) is 12.1 Å². The highest BCUT2D eigenvalue weighted by molar-refractivity contribution is 7.99. The first-order valence-electron chi connectivity index (χ1n) is 10.7. The van der Waals surface area contributed by atoms with Crippen LogP contribution in [-0.4, -0.2) is 81.9 Å². The smallest absolute Gasteiger partial charge is 0.237 e. The zero-order chi connectivity index (χ0) is 22.7. The lowest BCUT2D eigenvalue weighted by atomic mass is 9.90. The number of carbonyl (C=O) groups is 1. The predicted octanol–water partition coefficient (Wildman–Crippen LogP) is 1.79. The molecule has 31 heavy (non-hydrogen) atoms. The van der Waals surface area contributed by atoms with Crippen molar-refractivity contribution in [3.05, 3.63) is 34.9 Å². The Morgan fingerprint density at radius 2 is 1.94 bits per heavy atom. The van der Waals surface area contributed by atoms with Crippen molar-refractivity contribution in [2.45, 2.75) is 68.1 Å². The van der Waals surface area contributed by atoms with Gasteiger partial charge in [-0.25, -0.2) is 0 Å². The van der Waals surface area contributed by atoms with E-state index in [0.29, 0.717) is 16.5 Å². The third-order valence-corrected chi connectivity index (χ3v) is 7.44. The number of ether oxygens (including phenoxy) is 1. The summed E-state index contributed by atoms with van der Waals surface area (Å²) < 4.78 is 5.97. The van der Waals surface area contributed by atoms with Crippen LogP contribution >= 0.6 is 23.4 Å². The van der Waals surface area contributed by atoms with E-state index in [0.717, 1.165) is 25.8 Å². The van der Waals surface area contributed by atoms with Crippen LogP contribution in [0.4, 0.5) is 0 Å². The standard InChI is InChI=1S/C22H33ClN2O5S/c1-4-5-12-10-15(25(2)11-12)21(29)24-16(13-6-8-14(23)9-7-13)20-18(27)17(26)19(28)22(30-20)31-3/h6-9,12,15-20,22,26-28H,4-5,10-11H2,1-3H3,(H,24,29)/t12-,15+,16-,17+,18-,19-,20-,22-/m1/s1. The number of carbonyl (C=O) groups excluding carboxylic acids is 1. The van der Waals surface area contributed by atoms with Gasteiger partial charge in [-0.15, -0.1) is 11.8 Å². The molecular formula is C22H33ClN2O5S. The maximum Gasteiger partial charge on any atom is 0.237 e. The number of amides is 1. The molecular weight excluding hydrogens is 440 g/mol. The van der Waals surface area contributed by atoms with Gasteiger partial charge in [0.15, 0.2) is 0 Å². The number of aliphatic hydroxyl groups excluding tert-OH is 3. The largest absolute Gasteiger partial charge is 0.387 e. The van der Waals surface area contributed by atoms with Crippen molar-refractivity contribution in [2.24, 2.45) is 5.92 Å². The molecule has 2 fully saturated rings. The molecule has 0 unspecified atom stereocenters. The Morgan fingerprint density at radius 1 is 1.26 bits per heavy atom. The highest BCUT2D eigenvalue weighted by atomic mass is 35.5. The van der Waals surface area contributed by atoms with Crippen LogP contribution in [0.15, 0.2) is 24.3 Å². The van der Waals surface area contributed by atoms with E-state index in [-0.39, 0.29) is 11.9 Å². The maximum absolute atomic E-state index is 13.3. The third-order valence-electron chi connectivity index (χ3n) is 6.33. The second-order valence-corrected chi connectivity index (χ2v) is 9.93. The van der Waals surface area contributed by atoms with E-state index in [1.54, 1.807) is 30.5 Å². The van der Waals surface area contributed by atoms with Gasteiger partial charge >= 0.3 is 0 Å². The van der Waals surface area contributed by atoms with Crippen LogP contribution in [0.5, 0.6) is 0 Å². The van der Waals surface area contributed by atoms with Crippen molar-refractivity contribution in [3.8, 4) is 0 Å². The minimum atomic E-state index is -1.38. The summed E-state index contributed by atoms with van der Waals surface area (Å²) in [6, 6.07) is 5.98. The number of benzene rings is 1. The van der Waals surface area contributed by atoms with Crippen molar-refractivity contribution in [2.75, 3.05) is 19.8 Å². The molecule has 2 heterocycles. The molecule has 8 atom stereocenters. The summed E-state index contributed by atoms with van der Waals surface area (Å²) in [5.74, 6) is 0.340. The van der Waals surface area contributed by atoms with E-state index in [1.807, 2.05) is 7.05 Å². The molecule has 3 rings (SSSR count). The van der Waals surface area contributed by atoms with Crippen LogP contribution in [0.2, 0.25) is 5.02 Å². The summed E-state index contributed by atoms with van der Waals surface area (Å²) in [6.07, 6.45) is -0.201. The molecule has 0 radical (unpaired) electrons. The van der Waals surface area contributed by atoms with Crippen molar-refractivity contribution < 1.29 is 24.9 Å². The number of hydrogen-bond acceptors (Lipinski definition) is 7. The molecule has 7 nitrogen and oxygen atoms in total. The monoisotopic (exact) mass is 472 g/mol. The second-order valence-electron chi connectivity index (χ2n) is 8.56. The average molecular weight is 473 g/mol. The van der Waals surface area contributed by atoms with Crippen molar-refractivity contribution in [1.29, 1.82) is 0 Å². The van der Waals surface area contributed by atoms with Crippen LogP contribution in [0, 0.1) is 5.92 Å². The molecule has 2 aliphatic rings. The van der Waals surface area contributed by atoms with E-state index >= 15 is 0 Å². The van der Waals surface area contributed by atoms with Gasteiger partial charge in [-0.05, 0) is 49.8 Å². The lowest BCUT2D eigenvalue weighted by molar-refractivity contribution is -0.206. The van der Waals surface area contributed by atoms with Gasteiger partial charge in [0.1, 0.15) is 29.9 Å². The zero-order valence-corrected chi connectivity index (χ0v) is 19.7. The van der Waals surface area contributed by atoms with E-state index in [2.05, 4.69) is 17.1 Å². The Hall–Kier alpha value is -0.870. The Morgan fingerprint density at radius 3 is 2.55 bits per heavy atom. The number of aliphatic hydroxyl groups is 3. The van der Waals surface area contributed by atoms with Crippen LogP contribution in [0.25, 0.3) is 0 Å². The van der Waals surface area contributed by atoms with Crippen LogP contribution in [0.1, 0.15) is 37.8 Å². The summed E-state index contributed by atoms with van der Waals surface area (Å²) in [5, 5.41) is 34.9. The number of halogens is 1. The van der Waals surface area contributed by atoms with Gasteiger partial charge in [-0.3, -0.25) is 9.69 Å². The van der Waals surface area contributed by atoms with E-state index < -0.39 is 35.9 Å². The molecule has 2 saturated heterocycles. The summed E-state index contributed by atoms with van der Waals surface area (Å²) in [6.45, 7) is 3.02.